The summed E-state index contributed by atoms with van der Waals surface area (Å²) in [6.07, 6.45) is 0. The van der Waals surface area contributed by atoms with Crippen LogP contribution in [0.25, 0.3) is 10.8 Å². The van der Waals surface area contributed by atoms with E-state index in [1.54, 1.807) is 6.07 Å². The molecule has 0 heterocycles. The minimum atomic E-state index is -0.592. The molecule has 27 heavy (non-hydrogen) atoms. The van der Waals surface area contributed by atoms with Crippen molar-refractivity contribution in [1.82, 2.24) is 5.32 Å². The van der Waals surface area contributed by atoms with Crippen LogP contribution in [0.2, 0.25) is 0 Å². The van der Waals surface area contributed by atoms with E-state index < -0.39 is 5.97 Å². The zero-order valence-corrected chi connectivity index (χ0v) is 15.1. The number of benzene rings is 3. The average molecular weight is 363 g/mol. The second kappa shape index (κ2) is 8.85. The van der Waals surface area contributed by atoms with E-state index in [0.29, 0.717) is 5.75 Å². The molecule has 3 aromatic rings. The van der Waals surface area contributed by atoms with Gasteiger partial charge in [0, 0.05) is 0 Å². The van der Waals surface area contributed by atoms with Crippen LogP contribution in [-0.4, -0.2) is 25.1 Å². The fraction of sp³-hybridized carbons (Fsp3) is 0.182. The lowest BCUT2D eigenvalue weighted by atomic mass is 10.1. The molecule has 1 atom stereocenters. The fourth-order valence-corrected chi connectivity index (χ4v) is 2.70. The van der Waals surface area contributed by atoms with E-state index in [-0.39, 0.29) is 25.2 Å². The van der Waals surface area contributed by atoms with E-state index >= 15 is 0 Å². The third-order valence-electron chi connectivity index (χ3n) is 4.12. The number of nitrogens with one attached hydrogen (secondary N) is 1. The van der Waals surface area contributed by atoms with Gasteiger partial charge in [0.25, 0.3) is 5.91 Å². The standard InChI is InChI=1S/C22H21NO4/c1-16(17-7-3-2-4-8-17)23-21(24)14-27-22(25)15-26-20-12-11-18-9-5-6-10-19(18)13-20/h2-13,16H,14-15H2,1H3,(H,23,24)/t16-/m1/s1. The number of amides is 1. The van der Waals surface area contributed by atoms with Crippen molar-refractivity contribution in [1.29, 1.82) is 0 Å². The van der Waals surface area contributed by atoms with Crippen molar-refractivity contribution in [2.24, 2.45) is 0 Å². The van der Waals surface area contributed by atoms with Crippen LogP contribution in [0.15, 0.2) is 72.8 Å². The molecule has 0 radical (unpaired) electrons. The second-order valence-electron chi connectivity index (χ2n) is 6.16. The molecule has 138 valence electrons. The van der Waals surface area contributed by atoms with Gasteiger partial charge in [-0.2, -0.15) is 0 Å². The molecule has 3 rings (SSSR count). The van der Waals surface area contributed by atoms with Gasteiger partial charge in [-0.05, 0) is 35.4 Å². The summed E-state index contributed by atoms with van der Waals surface area (Å²) in [5.41, 5.74) is 0.983. The van der Waals surface area contributed by atoms with Gasteiger partial charge >= 0.3 is 5.97 Å². The molecule has 0 saturated heterocycles. The smallest absolute Gasteiger partial charge is 0.344 e. The van der Waals surface area contributed by atoms with Gasteiger partial charge in [0.15, 0.2) is 13.2 Å². The normalized spacial score (nSPS) is 11.6. The van der Waals surface area contributed by atoms with Crippen LogP contribution >= 0.6 is 0 Å². The largest absolute Gasteiger partial charge is 0.482 e. The van der Waals surface area contributed by atoms with Crippen molar-refractivity contribution in [2.45, 2.75) is 13.0 Å². The molecule has 0 unspecified atom stereocenters. The van der Waals surface area contributed by atoms with Crippen LogP contribution in [-0.2, 0) is 14.3 Å². The van der Waals surface area contributed by atoms with Crippen LogP contribution in [0, 0.1) is 0 Å². The van der Waals surface area contributed by atoms with Gasteiger partial charge in [-0.25, -0.2) is 4.79 Å². The van der Waals surface area contributed by atoms with Gasteiger partial charge in [0.1, 0.15) is 5.75 Å². The summed E-state index contributed by atoms with van der Waals surface area (Å²) >= 11 is 0. The third kappa shape index (κ3) is 5.31. The Morgan fingerprint density at radius 2 is 1.59 bits per heavy atom. The molecule has 0 fully saturated rings. The van der Waals surface area contributed by atoms with E-state index in [2.05, 4.69) is 5.32 Å². The second-order valence-corrected chi connectivity index (χ2v) is 6.16. The lowest BCUT2D eigenvalue weighted by Gasteiger charge is -2.14. The summed E-state index contributed by atoms with van der Waals surface area (Å²) in [7, 11) is 0. The zero-order valence-electron chi connectivity index (χ0n) is 15.1. The molecule has 0 bridgehead atoms. The molecule has 0 spiro atoms. The number of ether oxygens (including phenoxy) is 2. The van der Waals surface area contributed by atoms with Crippen LogP contribution in [0.4, 0.5) is 0 Å². The molecule has 1 amide bonds. The predicted molar refractivity (Wildman–Crippen MR) is 103 cm³/mol. The molecular weight excluding hydrogens is 342 g/mol. The maximum Gasteiger partial charge on any atom is 0.344 e. The molecular formula is C22H21NO4. The van der Waals surface area contributed by atoms with E-state index in [4.69, 9.17) is 9.47 Å². The Morgan fingerprint density at radius 1 is 0.889 bits per heavy atom. The Bertz CT molecular complexity index is 924. The summed E-state index contributed by atoms with van der Waals surface area (Å²) in [6.45, 7) is 1.29. The monoisotopic (exact) mass is 363 g/mol. The topological polar surface area (TPSA) is 64.6 Å². The molecule has 0 aliphatic heterocycles. The van der Waals surface area contributed by atoms with Gasteiger partial charge in [-0.1, -0.05) is 60.7 Å². The van der Waals surface area contributed by atoms with E-state index in [1.165, 1.54) is 0 Å². The summed E-state index contributed by atoms with van der Waals surface area (Å²) in [4.78, 5) is 23.7. The molecule has 1 N–H and O–H groups in total. The van der Waals surface area contributed by atoms with Crippen LogP contribution in [0.3, 0.4) is 0 Å². The summed E-state index contributed by atoms with van der Waals surface area (Å²) in [5, 5.41) is 4.91. The van der Waals surface area contributed by atoms with Crippen LogP contribution < -0.4 is 10.1 Å². The lowest BCUT2D eigenvalue weighted by Crippen LogP contribution is -2.31. The van der Waals surface area contributed by atoms with Crippen LogP contribution in [0.5, 0.6) is 5.75 Å². The SMILES string of the molecule is C[C@@H](NC(=O)COC(=O)COc1ccc2ccccc2c1)c1ccccc1. The molecule has 5 heteroatoms. The van der Waals surface area contributed by atoms with Gasteiger partial charge < -0.3 is 14.8 Å². The molecule has 0 aliphatic rings. The Hall–Kier alpha value is -3.34. The number of esters is 1. The number of carbonyl (C=O) groups is 2. The fourth-order valence-electron chi connectivity index (χ4n) is 2.70. The van der Waals surface area contributed by atoms with Gasteiger partial charge in [0.2, 0.25) is 0 Å². The zero-order chi connectivity index (χ0) is 19.1. The number of carbonyl (C=O) groups excluding carboxylic acids is 2. The quantitative estimate of drug-likeness (QED) is 0.651. The molecule has 5 nitrogen and oxygen atoms in total. The lowest BCUT2D eigenvalue weighted by molar-refractivity contribution is -0.150. The Kier molecular flexibility index (Phi) is 6.05. The summed E-state index contributed by atoms with van der Waals surface area (Å²) in [5.74, 6) is -0.371. The highest BCUT2D eigenvalue weighted by Crippen LogP contribution is 2.20. The molecule has 0 aromatic heterocycles. The van der Waals surface area contributed by atoms with E-state index in [0.717, 1.165) is 16.3 Å². The third-order valence-corrected chi connectivity index (χ3v) is 4.12. The predicted octanol–water partition coefficient (Wildman–Crippen LogP) is 3.64. The molecule has 0 saturated carbocycles. The highest BCUT2D eigenvalue weighted by Gasteiger charge is 2.12. The maximum absolute atomic E-state index is 11.9. The first-order valence-electron chi connectivity index (χ1n) is 8.73. The summed E-state index contributed by atoms with van der Waals surface area (Å²) < 4.78 is 10.4. The number of fused-ring (bicyclic) bond motifs is 1. The van der Waals surface area contributed by atoms with Crippen molar-refractivity contribution < 1.29 is 19.1 Å². The van der Waals surface area contributed by atoms with Gasteiger partial charge in [0.05, 0.1) is 6.04 Å². The van der Waals surface area contributed by atoms with Crippen molar-refractivity contribution in [3.63, 3.8) is 0 Å². The number of rotatable bonds is 7. The highest BCUT2D eigenvalue weighted by molar-refractivity contribution is 5.84. The first-order chi connectivity index (χ1) is 13.1. The Labute approximate surface area is 157 Å². The minimum absolute atomic E-state index is 0.161. The van der Waals surface area contributed by atoms with Gasteiger partial charge in [-0.3, -0.25) is 4.79 Å². The van der Waals surface area contributed by atoms with E-state index in [1.807, 2.05) is 73.7 Å². The van der Waals surface area contributed by atoms with Crippen molar-refractivity contribution in [3.8, 4) is 5.75 Å². The number of hydrogen-bond acceptors (Lipinski definition) is 4. The summed E-state index contributed by atoms with van der Waals surface area (Å²) in [6, 6.07) is 22.9. The average Bonchev–Trinajstić information content (AvgIpc) is 2.71. The maximum atomic E-state index is 11.9. The molecule has 3 aromatic carbocycles. The molecule has 0 aliphatic carbocycles. The Morgan fingerprint density at radius 3 is 2.37 bits per heavy atom. The van der Waals surface area contributed by atoms with Crippen molar-refractivity contribution in [3.05, 3.63) is 78.4 Å². The van der Waals surface area contributed by atoms with Gasteiger partial charge in [-0.15, -0.1) is 0 Å². The van der Waals surface area contributed by atoms with Crippen molar-refractivity contribution in [2.75, 3.05) is 13.2 Å². The van der Waals surface area contributed by atoms with E-state index in [9.17, 15) is 9.59 Å². The minimum Gasteiger partial charge on any atom is -0.482 e. The van der Waals surface area contributed by atoms with Crippen molar-refractivity contribution >= 4 is 22.6 Å². The van der Waals surface area contributed by atoms with Crippen LogP contribution in [0.1, 0.15) is 18.5 Å². The highest BCUT2D eigenvalue weighted by atomic mass is 16.6. The first-order valence-corrected chi connectivity index (χ1v) is 8.73. The first kappa shape index (κ1) is 18.5. The Balaban J connectivity index is 1.43. The number of hydrogen-bond donors (Lipinski definition) is 1.